The zero-order valence-electron chi connectivity index (χ0n) is 27.8. The lowest BCUT2D eigenvalue weighted by molar-refractivity contribution is 0.0655. The van der Waals surface area contributed by atoms with Crippen LogP contribution in [-0.2, 0) is 0 Å². The van der Waals surface area contributed by atoms with Crippen LogP contribution in [0.3, 0.4) is 0 Å². The summed E-state index contributed by atoms with van der Waals surface area (Å²) in [7, 11) is 0. The SMILES string of the molecule is CC(CC(C1(C)C=C(C(C)(C)C)C(O)=CC1)C1(C)C=C(C(C)(C)C)C(O)=CC1)C1(C)C=C(C(C)(C)C)C(O)=CC1. The summed E-state index contributed by atoms with van der Waals surface area (Å²) >= 11 is 0. The van der Waals surface area contributed by atoms with Crippen LogP contribution in [0.5, 0.6) is 0 Å². The van der Waals surface area contributed by atoms with Crippen molar-refractivity contribution < 1.29 is 15.3 Å². The van der Waals surface area contributed by atoms with Crippen molar-refractivity contribution in [3.05, 3.63) is 70.5 Å². The van der Waals surface area contributed by atoms with Gasteiger partial charge in [0.2, 0.25) is 0 Å². The van der Waals surface area contributed by atoms with E-state index in [1.165, 1.54) is 0 Å². The first-order chi connectivity index (χ1) is 17.9. The first-order valence-corrected chi connectivity index (χ1v) is 15.3. The lowest BCUT2D eigenvalue weighted by atomic mass is 9.53. The molecule has 0 fully saturated rings. The molecule has 224 valence electrons. The minimum atomic E-state index is -0.183. The fraction of sp³-hybridized carbons (Fsp3) is 0.676. The van der Waals surface area contributed by atoms with Gasteiger partial charge in [0.25, 0.3) is 0 Å². The lowest BCUT2D eigenvalue weighted by Gasteiger charge is -2.51. The van der Waals surface area contributed by atoms with Gasteiger partial charge in [0.15, 0.2) is 0 Å². The summed E-state index contributed by atoms with van der Waals surface area (Å²) in [5.74, 6) is 1.83. The van der Waals surface area contributed by atoms with E-state index in [-0.39, 0.29) is 38.4 Å². The Bertz CT molecular complexity index is 1120. The Hall–Kier alpha value is -2.16. The fourth-order valence-electron chi connectivity index (χ4n) is 7.21. The molecule has 40 heavy (non-hydrogen) atoms. The highest BCUT2D eigenvalue weighted by Crippen LogP contribution is 2.58. The van der Waals surface area contributed by atoms with Gasteiger partial charge in [-0.1, -0.05) is 108 Å². The van der Waals surface area contributed by atoms with Gasteiger partial charge in [0.1, 0.15) is 17.3 Å². The summed E-state index contributed by atoms with van der Waals surface area (Å²) in [4.78, 5) is 0. The normalized spacial score (nSPS) is 31.7. The third-order valence-corrected chi connectivity index (χ3v) is 10.2. The smallest absolute Gasteiger partial charge is 0.115 e. The van der Waals surface area contributed by atoms with E-state index in [1.54, 1.807) is 0 Å². The maximum Gasteiger partial charge on any atom is 0.115 e. The van der Waals surface area contributed by atoms with Crippen LogP contribution in [0.4, 0.5) is 0 Å². The molecule has 3 aliphatic carbocycles. The Labute approximate surface area is 245 Å². The first kappa shape index (κ1) is 32.4. The second-order valence-corrected chi connectivity index (χ2v) is 17.0. The van der Waals surface area contributed by atoms with Gasteiger partial charge >= 0.3 is 0 Å². The molecule has 0 bridgehead atoms. The van der Waals surface area contributed by atoms with Crippen LogP contribution in [0.2, 0.25) is 0 Å². The average Bonchev–Trinajstić information content (AvgIpc) is 2.80. The largest absolute Gasteiger partial charge is 0.508 e. The summed E-state index contributed by atoms with van der Waals surface area (Å²) in [6.45, 7) is 29.0. The van der Waals surface area contributed by atoms with E-state index >= 15 is 0 Å². The molecule has 0 heterocycles. The Morgan fingerprint density at radius 2 is 0.850 bits per heavy atom. The third kappa shape index (κ3) is 6.34. The third-order valence-electron chi connectivity index (χ3n) is 10.2. The van der Waals surface area contributed by atoms with Gasteiger partial charge in [-0.3, -0.25) is 0 Å². The zero-order chi connectivity index (χ0) is 30.7. The monoisotopic (exact) mass is 550 g/mol. The summed E-state index contributed by atoms with van der Waals surface area (Å²) in [5.41, 5.74) is 2.14. The molecule has 0 saturated carbocycles. The standard InChI is InChI=1S/C37H58O3/c1-24(35(11)17-14-28(38)25(21-35)32(2,3)4)20-31(36(12)18-15-29(39)26(22-36)33(5,6)7)37(13)19-16-30(40)27(23-37)34(8,9)10/h14-16,21-24,31,38-40H,17-20H2,1-13H3. The highest BCUT2D eigenvalue weighted by Gasteiger charge is 2.49. The van der Waals surface area contributed by atoms with Crippen molar-refractivity contribution in [3.8, 4) is 0 Å². The number of aliphatic hydroxyl groups excluding tert-OH is 3. The first-order valence-electron chi connectivity index (χ1n) is 15.3. The van der Waals surface area contributed by atoms with Gasteiger partial charge < -0.3 is 15.3 Å². The summed E-state index contributed by atoms with van der Waals surface area (Å²) < 4.78 is 0. The van der Waals surface area contributed by atoms with Crippen molar-refractivity contribution in [2.45, 2.75) is 116 Å². The highest BCUT2D eigenvalue weighted by molar-refractivity contribution is 5.40. The summed E-state index contributed by atoms with van der Waals surface area (Å²) in [5, 5.41) is 32.6. The molecule has 0 aromatic heterocycles. The molecule has 0 saturated heterocycles. The molecule has 3 heteroatoms. The van der Waals surface area contributed by atoms with Gasteiger partial charge in [-0.05, 0) is 105 Å². The molecule has 0 radical (unpaired) electrons. The maximum atomic E-state index is 10.9. The molecule has 0 aliphatic heterocycles. The summed E-state index contributed by atoms with van der Waals surface area (Å²) in [6.07, 6.45) is 16.5. The fourth-order valence-corrected chi connectivity index (χ4v) is 7.21. The molecule has 3 N–H and O–H groups in total. The van der Waals surface area contributed by atoms with E-state index < -0.39 is 0 Å². The van der Waals surface area contributed by atoms with Crippen molar-refractivity contribution in [2.75, 3.05) is 0 Å². The molecule has 0 amide bonds. The van der Waals surface area contributed by atoms with Crippen molar-refractivity contribution in [1.82, 2.24) is 0 Å². The molecular formula is C37H58O3. The van der Waals surface area contributed by atoms with Crippen molar-refractivity contribution >= 4 is 0 Å². The lowest BCUT2D eigenvalue weighted by Crippen LogP contribution is -2.43. The zero-order valence-corrected chi connectivity index (χ0v) is 27.8. The van der Waals surface area contributed by atoms with Crippen LogP contribution in [0.15, 0.2) is 70.5 Å². The number of hydrogen-bond donors (Lipinski definition) is 3. The van der Waals surface area contributed by atoms with E-state index in [0.717, 1.165) is 42.4 Å². The molecule has 3 rings (SSSR count). The molecule has 3 aliphatic rings. The minimum absolute atomic E-state index is 0.0910. The Morgan fingerprint density at radius 1 is 0.575 bits per heavy atom. The molecule has 4 unspecified atom stereocenters. The van der Waals surface area contributed by atoms with Crippen LogP contribution >= 0.6 is 0 Å². The maximum absolute atomic E-state index is 10.9. The molecule has 0 aromatic rings. The molecule has 0 aromatic carbocycles. The van der Waals surface area contributed by atoms with Gasteiger partial charge in [-0.15, -0.1) is 0 Å². The van der Waals surface area contributed by atoms with E-state index in [4.69, 9.17) is 0 Å². The van der Waals surface area contributed by atoms with Crippen molar-refractivity contribution in [1.29, 1.82) is 0 Å². The second-order valence-electron chi connectivity index (χ2n) is 17.0. The van der Waals surface area contributed by atoms with Crippen LogP contribution in [0, 0.1) is 44.3 Å². The molecular weight excluding hydrogens is 492 g/mol. The van der Waals surface area contributed by atoms with Crippen LogP contribution in [0.1, 0.15) is 116 Å². The summed E-state index contributed by atoms with van der Waals surface area (Å²) in [6, 6.07) is 0. The predicted molar refractivity (Wildman–Crippen MR) is 170 cm³/mol. The van der Waals surface area contributed by atoms with Gasteiger partial charge in [0, 0.05) is 0 Å². The van der Waals surface area contributed by atoms with E-state index in [9.17, 15) is 15.3 Å². The quantitative estimate of drug-likeness (QED) is 0.319. The van der Waals surface area contributed by atoms with Crippen molar-refractivity contribution in [3.63, 3.8) is 0 Å². The molecule has 3 nitrogen and oxygen atoms in total. The average molecular weight is 551 g/mol. The van der Waals surface area contributed by atoms with Crippen LogP contribution < -0.4 is 0 Å². The number of hydrogen-bond acceptors (Lipinski definition) is 3. The molecule has 0 spiro atoms. The predicted octanol–water partition coefficient (Wildman–Crippen LogP) is 11.1. The van der Waals surface area contributed by atoms with Crippen LogP contribution in [-0.4, -0.2) is 15.3 Å². The van der Waals surface area contributed by atoms with Crippen molar-refractivity contribution in [2.24, 2.45) is 44.3 Å². The Kier molecular flexibility index (Phi) is 8.32. The van der Waals surface area contributed by atoms with Crippen LogP contribution in [0.25, 0.3) is 0 Å². The number of aliphatic hydroxyl groups is 3. The number of rotatable bonds is 5. The number of allylic oxidation sites excluding steroid dienone is 9. The van der Waals surface area contributed by atoms with Gasteiger partial charge in [0.05, 0.1) is 0 Å². The van der Waals surface area contributed by atoms with E-state index in [1.807, 2.05) is 18.2 Å². The van der Waals surface area contributed by atoms with E-state index in [2.05, 4.69) is 108 Å². The molecule has 4 atom stereocenters. The van der Waals surface area contributed by atoms with Gasteiger partial charge in [-0.25, -0.2) is 0 Å². The minimum Gasteiger partial charge on any atom is -0.508 e. The van der Waals surface area contributed by atoms with E-state index in [0.29, 0.717) is 23.2 Å². The topological polar surface area (TPSA) is 60.7 Å². The highest BCUT2D eigenvalue weighted by atomic mass is 16.3. The Balaban J connectivity index is 2.17. The van der Waals surface area contributed by atoms with Gasteiger partial charge in [-0.2, -0.15) is 0 Å². The Morgan fingerprint density at radius 3 is 1.15 bits per heavy atom. The second kappa shape index (κ2) is 10.3.